The van der Waals surface area contributed by atoms with Gasteiger partial charge in [0.15, 0.2) is 11.6 Å². The number of amides is 1. The number of anilines is 2. The van der Waals surface area contributed by atoms with E-state index in [-0.39, 0.29) is 5.91 Å². The summed E-state index contributed by atoms with van der Waals surface area (Å²) in [5.74, 6) is 1.95. The molecule has 0 bridgehead atoms. The molecule has 3 N–H and O–H groups in total. The van der Waals surface area contributed by atoms with E-state index in [1.807, 2.05) is 6.07 Å². The summed E-state index contributed by atoms with van der Waals surface area (Å²) in [7, 11) is 1.63. The molecule has 0 aromatic carbocycles. The molecule has 2 saturated heterocycles. The van der Waals surface area contributed by atoms with Crippen LogP contribution in [0.4, 0.5) is 11.6 Å². The Morgan fingerprint density at radius 1 is 1.17 bits per heavy atom. The van der Waals surface area contributed by atoms with Crippen LogP contribution < -0.4 is 16.0 Å². The molecule has 0 spiro atoms. The van der Waals surface area contributed by atoms with Crippen molar-refractivity contribution in [3.05, 3.63) is 41.5 Å². The Morgan fingerprint density at radius 2 is 1.94 bits per heavy atom. The van der Waals surface area contributed by atoms with Crippen molar-refractivity contribution in [3.63, 3.8) is 0 Å². The van der Waals surface area contributed by atoms with E-state index in [0.717, 1.165) is 67.4 Å². The van der Waals surface area contributed by atoms with Gasteiger partial charge in [0.25, 0.3) is 5.91 Å². The molecule has 2 aliphatic heterocycles. The first kappa shape index (κ1) is 23.5. The second-order valence-electron chi connectivity index (χ2n) is 8.66. The van der Waals surface area contributed by atoms with Crippen LogP contribution in [-0.4, -0.2) is 90.2 Å². The minimum absolute atomic E-state index is 0.121. The average Bonchev–Trinajstić information content (AvgIpc) is 3.31. The number of aromatic nitrogens is 3. The first-order valence-electron chi connectivity index (χ1n) is 11.7. The molecule has 10 nitrogen and oxygen atoms in total. The number of carbonyl (C=O) groups excluding carboxylic acids is 1. The van der Waals surface area contributed by atoms with E-state index in [1.165, 1.54) is 4.88 Å². The number of carbonyl (C=O) groups is 1. The zero-order chi connectivity index (χ0) is 24.4. The quantitative estimate of drug-likeness (QED) is 0.493. The standard InChI is InChI=1S/C24H30N8O2S/c1-16(24(33)26-2)31-7-5-30(6-8-31)15-18-13-19-21(35-18)23(32-9-11-34-12-10-32)29-22(28-19)17-3-4-20(25)27-14-17/h3-4,13-14H,1,5-12,15H2,2H3,(H2,25,27)(H,26,33). The summed E-state index contributed by atoms with van der Waals surface area (Å²) < 4.78 is 6.66. The van der Waals surface area contributed by atoms with Crippen LogP contribution in [0.15, 0.2) is 36.7 Å². The van der Waals surface area contributed by atoms with Crippen molar-refractivity contribution in [3.8, 4) is 11.4 Å². The first-order chi connectivity index (χ1) is 17.0. The van der Waals surface area contributed by atoms with Gasteiger partial charge in [0.05, 0.1) is 29.1 Å². The fraction of sp³-hybridized carbons (Fsp3) is 0.417. The maximum absolute atomic E-state index is 11.9. The highest BCUT2D eigenvalue weighted by Gasteiger charge is 2.23. The second kappa shape index (κ2) is 10.1. The number of rotatable bonds is 6. The van der Waals surface area contributed by atoms with Crippen LogP contribution >= 0.6 is 11.3 Å². The molecule has 2 fully saturated rings. The zero-order valence-electron chi connectivity index (χ0n) is 19.9. The second-order valence-corrected chi connectivity index (χ2v) is 9.79. The van der Waals surface area contributed by atoms with Crippen molar-refractivity contribution in [1.82, 2.24) is 30.1 Å². The van der Waals surface area contributed by atoms with Crippen LogP contribution in [0, 0.1) is 0 Å². The van der Waals surface area contributed by atoms with Crippen molar-refractivity contribution in [2.45, 2.75) is 6.54 Å². The minimum atomic E-state index is -0.121. The third-order valence-electron chi connectivity index (χ3n) is 6.38. The number of pyridine rings is 1. The maximum atomic E-state index is 11.9. The van der Waals surface area contributed by atoms with E-state index in [2.05, 4.69) is 37.6 Å². The summed E-state index contributed by atoms with van der Waals surface area (Å²) in [5.41, 5.74) is 8.10. The summed E-state index contributed by atoms with van der Waals surface area (Å²) in [6.07, 6.45) is 1.72. The topological polar surface area (TPSA) is 113 Å². The number of piperazine rings is 1. The number of likely N-dealkylation sites (N-methyl/N-ethyl adjacent to an activating group) is 1. The highest BCUT2D eigenvalue weighted by molar-refractivity contribution is 7.19. The van der Waals surface area contributed by atoms with Gasteiger partial charge in [-0.1, -0.05) is 6.58 Å². The highest BCUT2D eigenvalue weighted by Crippen LogP contribution is 2.35. The molecule has 35 heavy (non-hydrogen) atoms. The molecule has 11 heteroatoms. The molecule has 0 atom stereocenters. The van der Waals surface area contributed by atoms with Gasteiger partial charge in [-0.2, -0.15) is 0 Å². The number of nitrogens with zero attached hydrogens (tertiary/aromatic N) is 6. The Morgan fingerprint density at radius 3 is 2.63 bits per heavy atom. The number of nitrogens with one attached hydrogen (secondary N) is 1. The van der Waals surface area contributed by atoms with Gasteiger partial charge in [0, 0.05) is 69.5 Å². The number of hydrogen-bond acceptors (Lipinski definition) is 10. The lowest BCUT2D eigenvalue weighted by Crippen LogP contribution is -2.47. The summed E-state index contributed by atoms with van der Waals surface area (Å²) in [4.78, 5) is 33.9. The number of ether oxygens (including phenoxy) is 1. The molecule has 0 saturated carbocycles. The van der Waals surface area contributed by atoms with Crippen LogP contribution in [0.1, 0.15) is 4.88 Å². The van der Waals surface area contributed by atoms with Crippen LogP contribution in [0.5, 0.6) is 0 Å². The van der Waals surface area contributed by atoms with E-state index >= 15 is 0 Å². The smallest absolute Gasteiger partial charge is 0.266 e. The molecule has 3 aromatic rings. The lowest BCUT2D eigenvalue weighted by molar-refractivity contribution is -0.118. The van der Waals surface area contributed by atoms with E-state index in [4.69, 9.17) is 20.4 Å². The van der Waals surface area contributed by atoms with Gasteiger partial charge in [-0.15, -0.1) is 11.3 Å². The van der Waals surface area contributed by atoms with Crippen molar-refractivity contribution in [2.24, 2.45) is 0 Å². The zero-order valence-corrected chi connectivity index (χ0v) is 20.7. The van der Waals surface area contributed by atoms with Crippen molar-refractivity contribution in [1.29, 1.82) is 0 Å². The minimum Gasteiger partial charge on any atom is -0.384 e. The Labute approximate surface area is 208 Å². The molecule has 3 aromatic heterocycles. The van der Waals surface area contributed by atoms with E-state index in [0.29, 0.717) is 30.6 Å². The normalized spacial score (nSPS) is 17.1. The Kier molecular flexibility index (Phi) is 6.80. The molecule has 5 rings (SSSR count). The fourth-order valence-corrected chi connectivity index (χ4v) is 5.54. The van der Waals surface area contributed by atoms with Gasteiger partial charge in [-0.3, -0.25) is 9.69 Å². The predicted octanol–water partition coefficient (Wildman–Crippen LogP) is 1.55. The number of fused-ring (bicyclic) bond motifs is 1. The third-order valence-corrected chi connectivity index (χ3v) is 7.49. The van der Waals surface area contributed by atoms with Gasteiger partial charge in [0.1, 0.15) is 5.82 Å². The molecule has 184 valence electrons. The molecular formula is C24H30N8O2S. The van der Waals surface area contributed by atoms with Crippen LogP contribution in [0.2, 0.25) is 0 Å². The Balaban J connectivity index is 1.39. The molecule has 0 radical (unpaired) electrons. The molecule has 1 amide bonds. The largest absolute Gasteiger partial charge is 0.384 e. The Hall–Kier alpha value is -3.28. The third kappa shape index (κ3) is 5.07. The van der Waals surface area contributed by atoms with E-state index < -0.39 is 0 Å². The molecular weight excluding hydrogens is 464 g/mol. The molecule has 0 aliphatic carbocycles. The number of thiophene rings is 1. The molecule has 5 heterocycles. The number of nitrogen functional groups attached to an aromatic ring is 1. The monoisotopic (exact) mass is 494 g/mol. The number of nitrogens with two attached hydrogens (primary N) is 1. The lowest BCUT2D eigenvalue weighted by atomic mass is 10.2. The van der Waals surface area contributed by atoms with Gasteiger partial charge < -0.3 is 25.6 Å². The van der Waals surface area contributed by atoms with Crippen molar-refractivity contribution in [2.75, 3.05) is 70.2 Å². The molecule has 0 unspecified atom stereocenters. The van der Waals surface area contributed by atoms with Crippen molar-refractivity contribution >= 4 is 39.1 Å². The van der Waals surface area contributed by atoms with Crippen LogP contribution in [0.3, 0.4) is 0 Å². The van der Waals surface area contributed by atoms with E-state index in [9.17, 15) is 4.79 Å². The van der Waals surface area contributed by atoms with E-state index in [1.54, 1.807) is 30.6 Å². The van der Waals surface area contributed by atoms with Crippen molar-refractivity contribution < 1.29 is 9.53 Å². The van der Waals surface area contributed by atoms with Crippen LogP contribution in [0.25, 0.3) is 21.6 Å². The summed E-state index contributed by atoms with van der Waals surface area (Å²) >= 11 is 1.75. The maximum Gasteiger partial charge on any atom is 0.266 e. The fourth-order valence-electron chi connectivity index (χ4n) is 4.38. The summed E-state index contributed by atoms with van der Waals surface area (Å²) in [5, 5.41) is 2.65. The molecule has 2 aliphatic rings. The van der Waals surface area contributed by atoms with Gasteiger partial charge in [-0.05, 0) is 18.2 Å². The SMILES string of the molecule is C=C(C(=O)NC)N1CCN(Cc2cc3nc(-c4ccc(N)nc4)nc(N4CCOCC4)c3s2)CC1. The number of hydrogen-bond donors (Lipinski definition) is 2. The Bertz CT molecular complexity index is 1210. The first-order valence-corrected chi connectivity index (χ1v) is 12.6. The summed E-state index contributed by atoms with van der Waals surface area (Å²) in [6.45, 7) is 11.1. The predicted molar refractivity (Wildman–Crippen MR) is 138 cm³/mol. The average molecular weight is 495 g/mol. The van der Waals surface area contributed by atoms with Gasteiger partial charge >= 0.3 is 0 Å². The summed E-state index contributed by atoms with van der Waals surface area (Å²) in [6, 6.07) is 5.86. The highest BCUT2D eigenvalue weighted by atomic mass is 32.1. The van der Waals surface area contributed by atoms with Gasteiger partial charge in [-0.25, -0.2) is 15.0 Å². The van der Waals surface area contributed by atoms with Gasteiger partial charge in [0.2, 0.25) is 0 Å². The lowest BCUT2D eigenvalue weighted by Gasteiger charge is -2.36. The number of morpholine rings is 1. The van der Waals surface area contributed by atoms with Crippen LogP contribution in [-0.2, 0) is 16.1 Å².